The summed E-state index contributed by atoms with van der Waals surface area (Å²) in [6.45, 7) is 4.11. The maximum Gasteiger partial charge on any atom is 0.0823 e. The topological polar surface area (TPSA) is 49.7 Å². The molecule has 0 saturated carbocycles. The van der Waals surface area contributed by atoms with Crippen LogP contribution in [-0.2, 0) is 4.74 Å². The van der Waals surface area contributed by atoms with E-state index in [1.54, 1.807) is 0 Å². The number of hydrogen-bond donors (Lipinski definition) is 2. The molecule has 0 aliphatic carbocycles. The van der Waals surface area contributed by atoms with Gasteiger partial charge in [0.05, 0.1) is 24.4 Å². The maximum absolute atomic E-state index is 9.71. The van der Waals surface area contributed by atoms with Crippen molar-refractivity contribution >= 4 is 15.9 Å². The molecule has 5 unspecified atom stereocenters. The van der Waals surface area contributed by atoms with Gasteiger partial charge < -0.3 is 14.9 Å². The van der Waals surface area contributed by atoms with Gasteiger partial charge in [-0.15, -0.1) is 0 Å². The van der Waals surface area contributed by atoms with Gasteiger partial charge in [0.25, 0.3) is 0 Å². The molecule has 1 aliphatic heterocycles. The Balaban J connectivity index is 2.53. The van der Waals surface area contributed by atoms with Crippen LogP contribution in [0.15, 0.2) is 0 Å². The summed E-state index contributed by atoms with van der Waals surface area (Å²) in [7, 11) is 0. The van der Waals surface area contributed by atoms with Crippen LogP contribution in [0.5, 0.6) is 0 Å². The molecule has 1 rings (SSSR count). The number of hydrogen-bond acceptors (Lipinski definition) is 3. The molecule has 4 heteroatoms. The third kappa shape index (κ3) is 4.32. The van der Waals surface area contributed by atoms with Gasteiger partial charge in [-0.05, 0) is 26.2 Å². The average Bonchev–Trinajstić information content (AvgIpc) is 2.22. The fourth-order valence-electron chi connectivity index (χ4n) is 2.17. The largest absolute Gasteiger partial charge is 0.390 e. The van der Waals surface area contributed by atoms with Gasteiger partial charge in [0.2, 0.25) is 0 Å². The van der Waals surface area contributed by atoms with E-state index in [1.807, 2.05) is 6.92 Å². The van der Waals surface area contributed by atoms with E-state index in [4.69, 9.17) is 4.74 Å². The Morgan fingerprint density at radius 1 is 1.31 bits per heavy atom. The van der Waals surface area contributed by atoms with E-state index in [2.05, 4.69) is 22.9 Å². The lowest BCUT2D eigenvalue weighted by Crippen LogP contribution is -2.38. The first kappa shape index (κ1) is 14.4. The number of rotatable bonds is 3. The van der Waals surface area contributed by atoms with Crippen LogP contribution in [0.4, 0.5) is 0 Å². The van der Waals surface area contributed by atoms with Crippen LogP contribution in [0.2, 0.25) is 0 Å². The Labute approximate surface area is 106 Å². The molecule has 0 spiro atoms. The number of halogens is 1. The lowest BCUT2D eigenvalue weighted by molar-refractivity contribution is -0.0841. The number of aliphatic hydroxyl groups is 2. The number of aliphatic hydroxyl groups excluding tert-OH is 2. The molecule has 3 nitrogen and oxygen atoms in total. The van der Waals surface area contributed by atoms with Crippen molar-refractivity contribution in [2.75, 3.05) is 0 Å². The second-order valence-corrected chi connectivity index (χ2v) is 5.91. The van der Waals surface area contributed by atoms with Gasteiger partial charge in [0.15, 0.2) is 0 Å². The predicted octanol–water partition coefficient (Wildman–Crippen LogP) is 2.23. The van der Waals surface area contributed by atoms with E-state index < -0.39 is 12.2 Å². The van der Waals surface area contributed by atoms with E-state index in [1.165, 1.54) is 0 Å². The molecular weight excluding hydrogens is 272 g/mol. The molecule has 2 N–H and O–H groups in total. The molecule has 1 heterocycles. The third-order valence-corrected chi connectivity index (χ3v) is 4.19. The second kappa shape index (κ2) is 6.94. The van der Waals surface area contributed by atoms with Crippen molar-refractivity contribution in [3.8, 4) is 0 Å². The van der Waals surface area contributed by atoms with Crippen LogP contribution in [0.25, 0.3) is 0 Å². The smallest absolute Gasteiger partial charge is 0.0823 e. The Morgan fingerprint density at radius 2 is 2.00 bits per heavy atom. The van der Waals surface area contributed by atoms with Gasteiger partial charge in [-0.25, -0.2) is 0 Å². The fourth-order valence-corrected chi connectivity index (χ4v) is 3.02. The minimum atomic E-state index is -0.643. The van der Waals surface area contributed by atoms with Crippen LogP contribution in [0, 0.1) is 0 Å². The SMILES string of the molecule is CCCC(Br)C1CCC(O)C(O)CC(C)O1. The summed E-state index contributed by atoms with van der Waals surface area (Å²) in [6.07, 6.45) is 3.05. The Hall–Kier alpha value is 0.360. The highest BCUT2D eigenvalue weighted by molar-refractivity contribution is 9.09. The molecule has 16 heavy (non-hydrogen) atoms. The lowest BCUT2D eigenvalue weighted by atomic mass is 9.97. The van der Waals surface area contributed by atoms with Crippen molar-refractivity contribution in [1.82, 2.24) is 0 Å². The van der Waals surface area contributed by atoms with Crippen molar-refractivity contribution in [2.45, 2.75) is 75.2 Å². The van der Waals surface area contributed by atoms with Crippen molar-refractivity contribution in [3.63, 3.8) is 0 Å². The van der Waals surface area contributed by atoms with Crippen molar-refractivity contribution in [1.29, 1.82) is 0 Å². The highest BCUT2D eigenvalue weighted by atomic mass is 79.9. The number of ether oxygens (including phenoxy) is 1. The van der Waals surface area contributed by atoms with E-state index in [0.29, 0.717) is 17.7 Å². The van der Waals surface area contributed by atoms with E-state index in [9.17, 15) is 10.2 Å². The van der Waals surface area contributed by atoms with E-state index in [0.717, 1.165) is 19.3 Å². The summed E-state index contributed by atoms with van der Waals surface area (Å²) in [5, 5.41) is 19.3. The first-order valence-corrected chi connectivity index (χ1v) is 7.11. The highest BCUT2D eigenvalue weighted by Crippen LogP contribution is 2.26. The zero-order valence-electron chi connectivity index (χ0n) is 10.1. The molecule has 0 aromatic carbocycles. The fraction of sp³-hybridized carbons (Fsp3) is 1.00. The third-order valence-electron chi connectivity index (χ3n) is 3.14. The lowest BCUT2D eigenvalue weighted by Gasteiger charge is -2.32. The molecule has 0 aromatic heterocycles. The van der Waals surface area contributed by atoms with Gasteiger partial charge in [-0.1, -0.05) is 29.3 Å². The summed E-state index contributed by atoms with van der Waals surface area (Å²) in [4.78, 5) is 0.349. The van der Waals surface area contributed by atoms with Crippen LogP contribution in [0.1, 0.15) is 46.0 Å². The maximum atomic E-state index is 9.71. The summed E-state index contributed by atoms with van der Waals surface area (Å²) < 4.78 is 5.91. The molecule has 1 aliphatic rings. The minimum Gasteiger partial charge on any atom is -0.390 e. The van der Waals surface area contributed by atoms with E-state index in [-0.39, 0.29) is 12.2 Å². The molecule has 96 valence electrons. The Morgan fingerprint density at radius 3 is 2.62 bits per heavy atom. The van der Waals surface area contributed by atoms with Crippen LogP contribution in [-0.4, -0.2) is 39.5 Å². The number of alkyl halides is 1. The predicted molar refractivity (Wildman–Crippen MR) is 67.8 cm³/mol. The molecular formula is C12H23BrO3. The standard InChI is InChI=1S/C12H23BrO3/c1-3-4-9(13)12-6-5-10(14)11(15)7-8(2)16-12/h8-12,14-15H,3-7H2,1-2H3. The first-order valence-electron chi connectivity index (χ1n) is 6.20. The Kier molecular flexibility index (Phi) is 6.26. The first-order chi connectivity index (χ1) is 7.54. The van der Waals surface area contributed by atoms with Crippen molar-refractivity contribution < 1.29 is 14.9 Å². The summed E-state index contributed by atoms with van der Waals surface area (Å²) in [5.74, 6) is 0. The second-order valence-electron chi connectivity index (χ2n) is 4.74. The molecule has 0 bridgehead atoms. The molecule has 5 atom stereocenters. The highest BCUT2D eigenvalue weighted by Gasteiger charge is 2.29. The zero-order chi connectivity index (χ0) is 12.1. The zero-order valence-corrected chi connectivity index (χ0v) is 11.7. The summed E-state index contributed by atoms with van der Waals surface area (Å²) in [6, 6.07) is 0. The molecule has 1 fully saturated rings. The minimum absolute atomic E-state index is 0.00635. The van der Waals surface area contributed by atoms with Gasteiger partial charge in [0, 0.05) is 11.2 Å². The summed E-state index contributed by atoms with van der Waals surface area (Å²) in [5.41, 5.74) is 0. The normalized spacial score (nSPS) is 38.8. The van der Waals surface area contributed by atoms with Gasteiger partial charge >= 0.3 is 0 Å². The van der Waals surface area contributed by atoms with Crippen LogP contribution >= 0.6 is 15.9 Å². The van der Waals surface area contributed by atoms with Crippen LogP contribution in [0.3, 0.4) is 0 Å². The Bertz CT molecular complexity index is 201. The summed E-state index contributed by atoms with van der Waals surface area (Å²) >= 11 is 3.65. The van der Waals surface area contributed by atoms with Crippen molar-refractivity contribution in [2.24, 2.45) is 0 Å². The molecule has 0 aromatic rings. The molecule has 0 amide bonds. The van der Waals surface area contributed by atoms with Crippen LogP contribution < -0.4 is 0 Å². The molecule has 0 radical (unpaired) electrons. The van der Waals surface area contributed by atoms with Gasteiger partial charge in [-0.3, -0.25) is 0 Å². The monoisotopic (exact) mass is 294 g/mol. The van der Waals surface area contributed by atoms with Gasteiger partial charge in [-0.2, -0.15) is 0 Å². The molecule has 1 saturated heterocycles. The van der Waals surface area contributed by atoms with E-state index >= 15 is 0 Å². The van der Waals surface area contributed by atoms with Gasteiger partial charge in [0.1, 0.15) is 0 Å². The quantitative estimate of drug-likeness (QED) is 0.785. The van der Waals surface area contributed by atoms with Crippen molar-refractivity contribution in [3.05, 3.63) is 0 Å². The average molecular weight is 295 g/mol.